The van der Waals surface area contributed by atoms with Gasteiger partial charge in [-0.1, -0.05) is 41.5 Å². The van der Waals surface area contributed by atoms with E-state index in [0.717, 1.165) is 18.6 Å². The average Bonchev–Trinajstić information content (AvgIpc) is 2.41. The van der Waals surface area contributed by atoms with Gasteiger partial charge in [-0.25, -0.2) is 0 Å². The smallest absolute Gasteiger partial charge is 0.161 e. The molecule has 0 spiro atoms. The van der Waals surface area contributed by atoms with Crippen LogP contribution in [0.25, 0.3) is 0 Å². The first kappa shape index (κ1) is 21.6. The van der Waals surface area contributed by atoms with Crippen LogP contribution in [-0.2, 0) is 9.59 Å². The number of hydrogen-bond donors (Lipinski definition) is 1. The molecule has 4 heteroatoms. The van der Waals surface area contributed by atoms with Gasteiger partial charge in [-0.3, -0.25) is 9.59 Å². The highest BCUT2D eigenvalue weighted by Gasteiger charge is 2.31. The Morgan fingerprint density at radius 3 is 2.05 bits per heavy atom. The Kier molecular flexibility index (Phi) is 9.56. The van der Waals surface area contributed by atoms with Crippen molar-refractivity contribution < 1.29 is 14.7 Å². The summed E-state index contributed by atoms with van der Waals surface area (Å²) in [6, 6.07) is 0. The Morgan fingerprint density at radius 2 is 1.55 bits per heavy atom. The molecule has 0 aliphatic carbocycles. The second-order valence-corrected chi connectivity index (χ2v) is 9.59. The molecular weight excluding hydrogens is 296 g/mol. The number of aliphatic hydroxyl groups excluding tert-OH is 1. The first-order valence-corrected chi connectivity index (χ1v) is 9.34. The normalized spacial score (nSPS) is 14.0. The second kappa shape index (κ2) is 9.71. The third kappa shape index (κ3) is 9.62. The number of rotatable bonds is 11. The molecule has 1 atom stereocenters. The van der Waals surface area contributed by atoms with Crippen molar-refractivity contribution in [3.05, 3.63) is 0 Å². The van der Waals surface area contributed by atoms with E-state index in [1.165, 1.54) is 0 Å². The van der Waals surface area contributed by atoms with Crippen LogP contribution in [0.3, 0.4) is 0 Å². The maximum atomic E-state index is 11.9. The first-order chi connectivity index (χ1) is 9.99. The van der Waals surface area contributed by atoms with E-state index >= 15 is 0 Å². The van der Waals surface area contributed by atoms with Gasteiger partial charge in [0, 0.05) is 24.0 Å². The molecule has 0 saturated heterocycles. The van der Waals surface area contributed by atoms with E-state index in [9.17, 15) is 14.7 Å². The predicted molar refractivity (Wildman–Crippen MR) is 95.4 cm³/mol. The number of carbonyl (C=O) groups is 2. The topological polar surface area (TPSA) is 54.4 Å². The van der Waals surface area contributed by atoms with Crippen LogP contribution in [0.2, 0.25) is 0 Å². The Balaban J connectivity index is 3.87. The lowest BCUT2D eigenvalue weighted by atomic mass is 9.81. The van der Waals surface area contributed by atoms with Crippen LogP contribution in [0.15, 0.2) is 0 Å². The molecule has 1 unspecified atom stereocenters. The predicted octanol–water partition coefficient (Wildman–Crippen LogP) is 4.40. The Bertz CT molecular complexity index is 356. The van der Waals surface area contributed by atoms with E-state index in [1.54, 1.807) is 0 Å². The highest BCUT2D eigenvalue weighted by atomic mass is 32.2. The Hall–Kier alpha value is -0.350. The van der Waals surface area contributed by atoms with E-state index in [0.29, 0.717) is 25.7 Å². The van der Waals surface area contributed by atoms with Gasteiger partial charge in [0.1, 0.15) is 11.9 Å². The van der Waals surface area contributed by atoms with Crippen LogP contribution < -0.4 is 0 Å². The molecule has 0 heterocycles. The van der Waals surface area contributed by atoms with Crippen molar-refractivity contribution in [1.82, 2.24) is 0 Å². The summed E-state index contributed by atoms with van der Waals surface area (Å²) >= 11 is 1.87. The zero-order valence-corrected chi connectivity index (χ0v) is 16.0. The summed E-state index contributed by atoms with van der Waals surface area (Å²) in [7, 11) is 0. The lowest BCUT2D eigenvalue weighted by molar-refractivity contribution is -0.133. The van der Waals surface area contributed by atoms with Crippen LogP contribution in [0.4, 0.5) is 0 Å². The summed E-state index contributed by atoms with van der Waals surface area (Å²) in [6.45, 7) is 12.3. The fourth-order valence-corrected chi connectivity index (χ4v) is 2.90. The lowest BCUT2D eigenvalue weighted by Crippen LogP contribution is -2.36. The molecule has 22 heavy (non-hydrogen) atoms. The van der Waals surface area contributed by atoms with Crippen LogP contribution in [-0.4, -0.2) is 33.3 Å². The van der Waals surface area contributed by atoms with Gasteiger partial charge in [-0.15, -0.1) is 0 Å². The van der Waals surface area contributed by atoms with E-state index in [-0.39, 0.29) is 21.7 Å². The number of hydrogen-bond acceptors (Lipinski definition) is 4. The van der Waals surface area contributed by atoms with Gasteiger partial charge < -0.3 is 5.11 Å². The molecule has 0 fully saturated rings. The van der Waals surface area contributed by atoms with E-state index in [2.05, 4.69) is 20.8 Å². The molecule has 3 nitrogen and oxygen atoms in total. The van der Waals surface area contributed by atoms with Crippen LogP contribution in [0.1, 0.15) is 80.1 Å². The number of thioether (sulfide) groups is 1. The first-order valence-electron chi connectivity index (χ1n) is 8.36. The van der Waals surface area contributed by atoms with Gasteiger partial charge in [-0.05, 0) is 30.4 Å². The van der Waals surface area contributed by atoms with Crippen molar-refractivity contribution in [3.63, 3.8) is 0 Å². The number of aliphatic hydroxyl groups is 1. The zero-order valence-electron chi connectivity index (χ0n) is 15.2. The summed E-state index contributed by atoms with van der Waals surface area (Å²) in [6.07, 6.45) is 2.64. The third-order valence-electron chi connectivity index (χ3n) is 3.97. The van der Waals surface area contributed by atoms with Gasteiger partial charge in [0.15, 0.2) is 5.78 Å². The van der Waals surface area contributed by atoms with E-state index < -0.39 is 6.10 Å². The number of carbonyl (C=O) groups excluding carboxylic acids is 2. The lowest BCUT2D eigenvalue weighted by Gasteiger charge is -2.28. The third-order valence-corrected chi connectivity index (χ3v) is 5.33. The fraction of sp³-hybridized carbons (Fsp3) is 0.889. The van der Waals surface area contributed by atoms with Crippen LogP contribution in [0.5, 0.6) is 0 Å². The molecule has 0 aliphatic rings. The summed E-state index contributed by atoms with van der Waals surface area (Å²) < 4.78 is 0.248. The minimum Gasteiger partial charge on any atom is -0.385 e. The molecule has 0 aromatic heterocycles. The molecule has 0 aromatic rings. The van der Waals surface area contributed by atoms with Crippen LogP contribution in [0, 0.1) is 5.41 Å². The SMILES string of the molecule is CCC(C)(C)C(O)C(=O)CCCC(=O)CCCSC(C)(C)C. The molecule has 0 amide bonds. The van der Waals surface area contributed by atoms with Gasteiger partial charge in [-0.2, -0.15) is 11.8 Å². The second-order valence-electron chi connectivity index (χ2n) is 7.67. The van der Waals surface area contributed by atoms with Crippen molar-refractivity contribution in [2.24, 2.45) is 5.41 Å². The molecule has 1 N–H and O–H groups in total. The summed E-state index contributed by atoms with van der Waals surface area (Å²) in [4.78, 5) is 23.7. The summed E-state index contributed by atoms with van der Waals surface area (Å²) in [5.74, 6) is 1.09. The minimum absolute atomic E-state index is 0.136. The summed E-state index contributed by atoms with van der Waals surface area (Å²) in [5.41, 5.74) is -0.384. The van der Waals surface area contributed by atoms with Crippen molar-refractivity contribution in [2.45, 2.75) is 90.9 Å². The van der Waals surface area contributed by atoms with E-state index in [1.807, 2.05) is 32.5 Å². The van der Waals surface area contributed by atoms with Crippen LogP contribution >= 0.6 is 11.8 Å². The average molecular weight is 331 g/mol. The standard InChI is InChI=1S/C18H34O3S/c1-7-18(5,6)16(21)15(20)12-8-10-14(19)11-9-13-22-17(2,3)4/h16,21H,7-13H2,1-6H3. The highest BCUT2D eigenvalue weighted by Crippen LogP contribution is 2.26. The number of ketones is 2. The van der Waals surface area contributed by atoms with Gasteiger partial charge in [0.2, 0.25) is 0 Å². The molecule has 0 bridgehead atoms. The minimum atomic E-state index is -0.921. The molecule has 0 saturated carbocycles. The zero-order chi connectivity index (χ0) is 17.4. The van der Waals surface area contributed by atoms with Gasteiger partial charge in [0.05, 0.1) is 0 Å². The fourth-order valence-electron chi connectivity index (χ4n) is 2.00. The summed E-state index contributed by atoms with van der Waals surface area (Å²) in [5, 5.41) is 10.0. The highest BCUT2D eigenvalue weighted by molar-refractivity contribution is 8.00. The van der Waals surface area contributed by atoms with Crippen molar-refractivity contribution in [1.29, 1.82) is 0 Å². The Morgan fingerprint density at radius 1 is 1.00 bits per heavy atom. The van der Waals surface area contributed by atoms with E-state index in [4.69, 9.17) is 0 Å². The largest absolute Gasteiger partial charge is 0.385 e. The monoisotopic (exact) mass is 330 g/mol. The molecule has 0 aromatic carbocycles. The Labute approximate surface area is 140 Å². The maximum absolute atomic E-state index is 11.9. The molecule has 130 valence electrons. The van der Waals surface area contributed by atoms with Crippen molar-refractivity contribution >= 4 is 23.3 Å². The molecule has 0 aliphatic heterocycles. The van der Waals surface area contributed by atoms with Gasteiger partial charge in [0.25, 0.3) is 0 Å². The molecule has 0 radical (unpaired) electrons. The maximum Gasteiger partial charge on any atom is 0.161 e. The number of Topliss-reactive ketones (excluding diaryl/α,β-unsaturated/α-hetero) is 2. The molecular formula is C18H34O3S. The van der Waals surface area contributed by atoms with Gasteiger partial charge >= 0.3 is 0 Å². The quantitative estimate of drug-likeness (QED) is 0.570. The van der Waals surface area contributed by atoms with Crippen molar-refractivity contribution in [3.8, 4) is 0 Å². The van der Waals surface area contributed by atoms with Crippen molar-refractivity contribution in [2.75, 3.05) is 5.75 Å². The molecule has 0 rings (SSSR count).